The van der Waals surface area contributed by atoms with Gasteiger partial charge in [-0.25, -0.2) is 0 Å². The molecule has 0 saturated carbocycles. The zero-order valence-electron chi connectivity index (χ0n) is 11.3. The molecule has 5 heteroatoms. The van der Waals surface area contributed by atoms with Crippen LogP contribution in [0.5, 0.6) is 0 Å². The fourth-order valence-electron chi connectivity index (χ4n) is 1.26. The second kappa shape index (κ2) is 6.01. The van der Waals surface area contributed by atoms with E-state index in [9.17, 15) is 9.59 Å². The zero-order valence-corrected chi connectivity index (χ0v) is 11.3. The largest absolute Gasteiger partial charge is 0.347 e. The molecular weight excluding hydrogens is 242 g/mol. The molecule has 0 spiro atoms. The lowest BCUT2D eigenvalue weighted by molar-refractivity contribution is -0.130. The lowest BCUT2D eigenvalue weighted by atomic mass is 9.96. The molecule has 0 heterocycles. The van der Waals surface area contributed by atoms with E-state index >= 15 is 0 Å². The van der Waals surface area contributed by atoms with E-state index in [1.165, 1.54) is 0 Å². The number of hydrogen-bond donors (Lipinski definition) is 2. The number of nitrogens with zero attached hydrogens (tertiary/aromatic N) is 1. The minimum Gasteiger partial charge on any atom is -0.347 e. The van der Waals surface area contributed by atoms with Gasteiger partial charge in [-0.2, -0.15) is 5.26 Å². The van der Waals surface area contributed by atoms with Crippen molar-refractivity contribution < 1.29 is 9.59 Å². The number of amides is 2. The van der Waals surface area contributed by atoms with Crippen LogP contribution in [0.15, 0.2) is 24.3 Å². The summed E-state index contributed by atoms with van der Waals surface area (Å²) in [6.07, 6.45) is 0. The summed E-state index contributed by atoms with van der Waals surface area (Å²) in [6, 6.07) is 8.51. The van der Waals surface area contributed by atoms with E-state index in [1.54, 1.807) is 45.0 Å². The van der Waals surface area contributed by atoms with Gasteiger partial charge >= 0.3 is 0 Å². The van der Waals surface area contributed by atoms with Crippen LogP contribution in [0.2, 0.25) is 0 Å². The van der Waals surface area contributed by atoms with Gasteiger partial charge in [0, 0.05) is 11.1 Å². The number of nitrogens with one attached hydrogen (secondary N) is 2. The Morgan fingerprint density at radius 2 is 1.79 bits per heavy atom. The van der Waals surface area contributed by atoms with Crippen LogP contribution in [0, 0.1) is 16.7 Å². The van der Waals surface area contributed by atoms with Crippen LogP contribution in [0.1, 0.15) is 26.3 Å². The summed E-state index contributed by atoms with van der Waals surface area (Å²) >= 11 is 0. The molecule has 2 amide bonds. The fourth-order valence-corrected chi connectivity index (χ4v) is 1.26. The number of carbonyl (C=O) groups excluding carboxylic acids is 2. The second-order valence-corrected chi connectivity index (χ2v) is 5.17. The van der Waals surface area contributed by atoms with Gasteiger partial charge in [0.25, 0.3) is 0 Å². The molecule has 0 unspecified atom stereocenters. The van der Waals surface area contributed by atoms with Gasteiger partial charge in [0.15, 0.2) is 0 Å². The Labute approximate surface area is 112 Å². The second-order valence-electron chi connectivity index (χ2n) is 5.17. The highest BCUT2D eigenvalue weighted by atomic mass is 16.2. The summed E-state index contributed by atoms with van der Waals surface area (Å²) in [5, 5.41) is 13.8. The lowest BCUT2D eigenvalue weighted by Crippen LogP contribution is -2.39. The first-order valence-electron chi connectivity index (χ1n) is 5.91. The third-order valence-electron chi connectivity index (χ3n) is 2.39. The number of rotatable bonds is 3. The Bertz CT molecular complexity index is 507. The summed E-state index contributed by atoms with van der Waals surface area (Å²) < 4.78 is 0. The van der Waals surface area contributed by atoms with Crippen LogP contribution in [0.4, 0.5) is 5.69 Å². The summed E-state index contributed by atoms with van der Waals surface area (Å²) in [6.45, 7) is 5.26. The van der Waals surface area contributed by atoms with Crippen molar-refractivity contribution in [2.45, 2.75) is 20.8 Å². The normalized spacial score (nSPS) is 10.4. The smallest absolute Gasteiger partial charge is 0.243 e. The number of hydrogen-bond acceptors (Lipinski definition) is 3. The van der Waals surface area contributed by atoms with E-state index < -0.39 is 5.41 Å². The van der Waals surface area contributed by atoms with Gasteiger partial charge in [-0.15, -0.1) is 0 Å². The van der Waals surface area contributed by atoms with Crippen LogP contribution in [0.25, 0.3) is 0 Å². The predicted octanol–water partition coefficient (Wildman–Crippen LogP) is 1.66. The third kappa shape index (κ3) is 4.80. The lowest BCUT2D eigenvalue weighted by Gasteiger charge is -2.17. The Kier molecular flexibility index (Phi) is 4.65. The van der Waals surface area contributed by atoms with E-state index in [4.69, 9.17) is 5.26 Å². The molecule has 100 valence electrons. The Morgan fingerprint density at radius 1 is 1.21 bits per heavy atom. The van der Waals surface area contributed by atoms with Gasteiger partial charge in [0.1, 0.15) is 0 Å². The van der Waals surface area contributed by atoms with Gasteiger partial charge < -0.3 is 10.6 Å². The molecule has 0 fully saturated rings. The Hall–Kier alpha value is -2.35. The molecule has 1 rings (SSSR count). The highest BCUT2D eigenvalue weighted by Gasteiger charge is 2.21. The SMILES string of the molecule is CC(C)(C)C(=O)NCC(=O)Nc1ccc(C#N)cc1. The average molecular weight is 259 g/mol. The molecule has 0 bridgehead atoms. The molecular formula is C14H17N3O2. The summed E-state index contributed by atoms with van der Waals surface area (Å²) in [5.41, 5.74) is 0.599. The minimum atomic E-state index is -0.519. The number of carbonyl (C=O) groups is 2. The van der Waals surface area contributed by atoms with Gasteiger partial charge in [-0.3, -0.25) is 9.59 Å². The predicted molar refractivity (Wildman–Crippen MR) is 72.3 cm³/mol. The van der Waals surface area contributed by atoms with Crippen molar-refractivity contribution in [3.8, 4) is 6.07 Å². The molecule has 0 atom stereocenters. The van der Waals surface area contributed by atoms with Crippen LogP contribution in [-0.2, 0) is 9.59 Å². The topological polar surface area (TPSA) is 82.0 Å². The first-order valence-corrected chi connectivity index (χ1v) is 5.91. The van der Waals surface area contributed by atoms with E-state index in [0.29, 0.717) is 11.3 Å². The minimum absolute atomic E-state index is 0.0733. The van der Waals surface area contributed by atoms with Gasteiger partial charge in [-0.1, -0.05) is 20.8 Å². The highest BCUT2D eigenvalue weighted by Crippen LogP contribution is 2.12. The molecule has 19 heavy (non-hydrogen) atoms. The molecule has 5 nitrogen and oxygen atoms in total. The molecule has 0 aliphatic carbocycles. The number of nitriles is 1. The highest BCUT2D eigenvalue weighted by molar-refractivity contribution is 5.95. The van der Waals surface area contributed by atoms with Crippen molar-refractivity contribution >= 4 is 17.5 Å². The quantitative estimate of drug-likeness (QED) is 0.866. The van der Waals surface area contributed by atoms with E-state index in [-0.39, 0.29) is 18.4 Å². The first-order chi connectivity index (χ1) is 8.82. The number of anilines is 1. The van der Waals surface area contributed by atoms with Crippen LogP contribution in [-0.4, -0.2) is 18.4 Å². The molecule has 0 aromatic heterocycles. The van der Waals surface area contributed by atoms with Crippen molar-refractivity contribution in [2.75, 3.05) is 11.9 Å². The summed E-state index contributed by atoms with van der Waals surface area (Å²) in [4.78, 5) is 23.2. The number of benzene rings is 1. The standard InChI is InChI=1S/C14H17N3O2/c1-14(2,3)13(19)16-9-12(18)17-11-6-4-10(8-15)5-7-11/h4-7H,9H2,1-3H3,(H,16,19)(H,17,18). The molecule has 0 radical (unpaired) electrons. The van der Waals surface area contributed by atoms with Crippen molar-refractivity contribution in [1.29, 1.82) is 5.26 Å². The van der Waals surface area contributed by atoms with E-state index in [2.05, 4.69) is 10.6 Å². The van der Waals surface area contributed by atoms with E-state index in [0.717, 1.165) is 0 Å². The maximum atomic E-state index is 11.6. The van der Waals surface area contributed by atoms with Crippen LogP contribution in [0.3, 0.4) is 0 Å². The van der Waals surface area contributed by atoms with Gasteiger partial charge in [-0.05, 0) is 24.3 Å². The van der Waals surface area contributed by atoms with Crippen molar-refractivity contribution in [3.63, 3.8) is 0 Å². The summed E-state index contributed by atoms with van der Waals surface area (Å²) in [5.74, 6) is -0.482. The molecule has 0 aliphatic heterocycles. The Balaban J connectivity index is 2.47. The third-order valence-corrected chi connectivity index (χ3v) is 2.39. The first kappa shape index (κ1) is 14.7. The monoisotopic (exact) mass is 259 g/mol. The van der Waals surface area contributed by atoms with Gasteiger partial charge in [0.2, 0.25) is 11.8 Å². The molecule has 1 aromatic carbocycles. The van der Waals surface area contributed by atoms with E-state index in [1.807, 2.05) is 6.07 Å². The van der Waals surface area contributed by atoms with Crippen molar-refractivity contribution in [2.24, 2.45) is 5.41 Å². The van der Waals surface area contributed by atoms with Crippen molar-refractivity contribution in [1.82, 2.24) is 5.32 Å². The van der Waals surface area contributed by atoms with Gasteiger partial charge in [0.05, 0.1) is 18.2 Å². The molecule has 0 saturated heterocycles. The molecule has 2 N–H and O–H groups in total. The molecule has 0 aliphatic rings. The van der Waals surface area contributed by atoms with Crippen LogP contribution < -0.4 is 10.6 Å². The molecule has 1 aromatic rings. The fraction of sp³-hybridized carbons (Fsp3) is 0.357. The van der Waals surface area contributed by atoms with Crippen molar-refractivity contribution in [3.05, 3.63) is 29.8 Å². The summed E-state index contributed by atoms with van der Waals surface area (Å²) in [7, 11) is 0. The maximum Gasteiger partial charge on any atom is 0.243 e. The zero-order chi connectivity index (χ0) is 14.5. The Morgan fingerprint density at radius 3 is 2.26 bits per heavy atom. The van der Waals surface area contributed by atoms with Crippen LogP contribution >= 0.6 is 0 Å². The average Bonchev–Trinajstić information content (AvgIpc) is 2.35. The maximum absolute atomic E-state index is 11.6.